The monoisotopic (exact) mass is 332 g/mol. The quantitative estimate of drug-likeness (QED) is 0.721. The van der Waals surface area contributed by atoms with Gasteiger partial charge >= 0.3 is 0 Å². The highest BCUT2D eigenvalue weighted by Crippen LogP contribution is 2.08. The molecule has 0 fully saturated rings. The summed E-state index contributed by atoms with van der Waals surface area (Å²) in [5, 5.41) is 3.33. The van der Waals surface area contributed by atoms with Gasteiger partial charge in [-0.05, 0) is 39.2 Å². The van der Waals surface area contributed by atoms with Crippen LogP contribution in [0.4, 0.5) is 0 Å². The molecule has 0 bridgehead atoms. The maximum Gasteiger partial charge on any atom is 0.287 e. The van der Waals surface area contributed by atoms with E-state index in [1.807, 2.05) is 14.1 Å². The van der Waals surface area contributed by atoms with Gasteiger partial charge in [0.05, 0.1) is 24.1 Å². The second-order valence-electron chi connectivity index (χ2n) is 5.81. The number of fused-ring (bicyclic) bond motifs is 1. The van der Waals surface area contributed by atoms with E-state index in [1.54, 1.807) is 31.4 Å². The third-order valence-corrected chi connectivity index (χ3v) is 3.65. The number of para-hydroxylation sites is 1. The fraction of sp³-hybridized carbons (Fsp3) is 0.471. The van der Waals surface area contributed by atoms with E-state index in [9.17, 15) is 9.59 Å². The number of methoxy groups -OCH3 is 1. The molecule has 0 unspecified atom stereocenters. The summed E-state index contributed by atoms with van der Waals surface area (Å²) in [7, 11) is 5.52. The maximum absolute atomic E-state index is 12.7. The molecule has 0 saturated carbocycles. The van der Waals surface area contributed by atoms with E-state index in [0.717, 1.165) is 13.0 Å². The Morgan fingerprint density at radius 3 is 2.79 bits per heavy atom. The Balaban J connectivity index is 2.29. The Hall–Kier alpha value is -2.25. The zero-order valence-corrected chi connectivity index (χ0v) is 14.4. The molecule has 0 saturated heterocycles. The Morgan fingerprint density at radius 1 is 1.33 bits per heavy atom. The molecule has 2 aromatic rings. The van der Waals surface area contributed by atoms with Gasteiger partial charge in [-0.2, -0.15) is 0 Å². The van der Waals surface area contributed by atoms with E-state index in [1.165, 1.54) is 4.57 Å². The van der Waals surface area contributed by atoms with E-state index in [4.69, 9.17) is 4.74 Å². The number of carbonyl (C=O) groups excluding carboxylic acids is 1. The molecule has 1 amide bonds. The van der Waals surface area contributed by atoms with Crippen LogP contribution in [0, 0.1) is 0 Å². The summed E-state index contributed by atoms with van der Waals surface area (Å²) >= 11 is 0. The van der Waals surface area contributed by atoms with Gasteiger partial charge in [-0.1, -0.05) is 12.1 Å². The number of amides is 1. The number of hydrogen-bond acceptors (Lipinski definition) is 5. The van der Waals surface area contributed by atoms with Crippen molar-refractivity contribution in [1.29, 1.82) is 0 Å². The predicted molar refractivity (Wildman–Crippen MR) is 93.4 cm³/mol. The second-order valence-corrected chi connectivity index (χ2v) is 5.81. The van der Waals surface area contributed by atoms with Crippen molar-refractivity contribution in [2.24, 2.45) is 0 Å². The Labute approximate surface area is 141 Å². The van der Waals surface area contributed by atoms with E-state index < -0.39 is 0 Å². The molecule has 0 aliphatic rings. The zero-order valence-electron chi connectivity index (χ0n) is 14.4. The first kappa shape index (κ1) is 18.1. The lowest BCUT2D eigenvalue weighted by molar-refractivity contribution is 0.0932. The SMILES string of the molecule is COCCn1c(C(=O)NCCCN(C)C)nc2ccccc2c1=O. The Kier molecular flexibility index (Phi) is 6.45. The molecular formula is C17H24N4O3. The van der Waals surface area contributed by atoms with Crippen molar-refractivity contribution in [3.05, 3.63) is 40.4 Å². The van der Waals surface area contributed by atoms with E-state index in [2.05, 4.69) is 15.2 Å². The first-order valence-electron chi connectivity index (χ1n) is 7.96. The van der Waals surface area contributed by atoms with E-state index >= 15 is 0 Å². The third-order valence-electron chi connectivity index (χ3n) is 3.65. The molecule has 1 N–H and O–H groups in total. The van der Waals surface area contributed by atoms with Crippen LogP contribution < -0.4 is 10.9 Å². The number of carbonyl (C=O) groups is 1. The van der Waals surface area contributed by atoms with Gasteiger partial charge in [0.1, 0.15) is 0 Å². The molecule has 7 nitrogen and oxygen atoms in total. The van der Waals surface area contributed by atoms with Crippen molar-refractivity contribution >= 4 is 16.8 Å². The first-order valence-corrected chi connectivity index (χ1v) is 7.96. The highest BCUT2D eigenvalue weighted by molar-refractivity contribution is 5.93. The minimum absolute atomic E-state index is 0.126. The third kappa shape index (κ3) is 4.39. The molecule has 0 aliphatic carbocycles. The number of benzene rings is 1. The fourth-order valence-corrected chi connectivity index (χ4v) is 2.41. The second kappa shape index (κ2) is 8.56. The number of rotatable bonds is 8. The number of hydrogen-bond donors (Lipinski definition) is 1. The van der Waals surface area contributed by atoms with Gasteiger partial charge in [0.25, 0.3) is 11.5 Å². The van der Waals surface area contributed by atoms with E-state index in [0.29, 0.717) is 24.1 Å². The highest BCUT2D eigenvalue weighted by atomic mass is 16.5. The molecule has 0 spiro atoms. The molecule has 7 heteroatoms. The van der Waals surface area contributed by atoms with Gasteiger partial charge in [0.15, 0.2) is 0 Å². The summed E-state index contributed by atoms with van der Waals surface area (Å²) in [5.74, 6) is -0.215. The van der Waals surface area contributed by atoms with Crippen molar-refractivity contribution in [3.8, 4) is 0 Å². The van der Waals surface area contributed by atoms with Gasteiger partial charge in [-0.15, -0.1) is 0 Å². The molecule has 0 radical (unpaired) electrons. The Morgan fingerprint density at radius 2 is 2.08 bits per heavy atom. The van der Waals surface area contributed by atoms with Gasteiger partial charge in [0, 0.05) is 13.7 Å². The molecule has 2 rings (SSSR count). The fourth-order valence-electron chi connectivity index (χ4n) is 2.41. The van der Waals surface area contributed by atoms with Crippen LogP contribution in [0.25, 0.3) is 10.9 Å². The zero-order chi connectivity index (χ0) is 17.5. The summed E-state index contributed by atoms with van der Waals surface area (Å²) < 4.78 is 6.43. The number of nitrogens with zero attached hydrogens (tertiary/aromatic N) is 3. The molecule has 0 atom stereocenters. The van der Waals surface area contributed by atoms with Crippen LogP contribution in [0.3, 0.4) is 0 Å². The van der Waals surface area contributed by atoms with Crippen LogP contribution >= 0.6 is 0 Å². The number of aromatic nitrogens is 2. The van der Waals surface area contributed by atoms with Crippen LogP contribution in [0.15, 0.2) is 29.1 Å². The molecule has 0 aliphatic heterocycles. The van der Waals surface area contributed by atoms with Crippen molar-refractivity contribution in [2.45, 2.75) is 13.0 Å². The molecule has 1 aromatic carbocycles. The number of ether oxygens (including phenoxy) is 1. The normalized spacial score (nSPS) is 11.2. The first-order chi connectivity index (χ1) is 11.5. The van der Waals surface area contributed by atoms with Gasteiger partial charge in [-0.3, -0.25) is 14.2 Å². The van der Waals surface area contributed by atoms with Crippen LogP contribution in [0.1, 0.15) is 17.0 Å². The summed E-state index contributed by atoms with van der Waals surface area (Å²) in [4.78, 5) is 31.6. The summed E-state index contributed by atoms with van der Waals surface area (Å²) in [6, 6.07) is 7.03. The van der Waals surface area contributed by atoms with Gasteiger partial charge in [0.2, 0.25) is 5.82 Å². The Bertz CT molecular complexity index is 755. The largest absolute Gasteiger partial charge is 0.383 e. The van der Waals surface area contributed by atoms with Crippen LogP contribution in [-0.2, 0) is 11.3 Å². The lowest BCUT2D eigenvalue weighted by Gasteiger charge is -2.14. The maximum atomic E-state index is 12.7. The highest BCUT2D eigenvalue weighted by Gasteiger charge is 2.16. The van der Waals surface area contributed by atoms with E-state index in [-0.39, 0.29) is 23.8 Å². The minimum Gasteiger partial charge on any atom is -0.383 e. The molecule has 130 valence electrons. The molecule has 1 heterocycles. The summed E-state index contributed by atoms with van der Waals surface area (Å²) in [6.07, 6.45) is 0.828. The lowest BCUT2D eigenvalue weighted by atomic mass is 10.2. The molecule has 1 aromatic heterocycles. The lowest BCUT2D eigenvalue weighted by Crippen LogP contribution is -2.35. The average molecular weight is 332 g/mol. The summed E-state index contributed by atoms with van der Waals surface area (Å²) in [5.41, 5.74) is 0.297. The van der Waals surface area contributed by atoms with Crippen molar-refractivity contribution in [3.63, 3.8) is 0 Å². The van der Waals surface area contributed by atoms with Gasteiger partial charge < -0.3 is 15.0 Å². The van der Waals surface area contributed by atoms with Crippen molar-refractivity contribution < 1.29 is 9.53 Å². The van der Waals surface area contributed by atoms with Crippen LogP contribution in [-0.4, -0.2) is 61.3 Å². The molecular weight excluding hydrogens is 308 g/mol. The van der Waals surface area contributed by atoms with Gasteiger partial charge in [-0.25, -0.2) is 4.98 Å². The predicted octanol–water partition coefficient (Wildman–Crippen LogP) is 0.724. The summed E-state index contributed by atoms with van der Waals surface area (Å²) in [6.45, 7) is 2.03. The number of nitrogens with one attached hydrogen (secondary N) is 1. The van der Waals surface area contributed by atoms with Crippen LogP contribution in [0.2, 0.25) is 0 Å². The van der Waals surface area contributed by atoms with Crippen molar-refractivity contribution in [2.75, 3.05) is 40.9 Å². The molecule has 24 heavy (non-hydrogen) atoms. The average Bonchev–Trinajstić information content (AvgIpc) is 2.57. The minimum atomic E-state index is -0.340. The van der Waals surface area contributed by atoms with Crippen LogP contribution in [0.5, 0.6) is 0 Å². The topological polar surface area (TPSA) is 76.5 Å². The smallest absolute Gasteiger partial charge is 0.287 e. The van der Waals surface area contributed by atoms with Crippen molar-refractivity contribution in [1.82, 2.24) is 19.8 Å². The standard InChI is InChI=1S/C17H24N4O3/c1-20(2)10-6-9-18-16(22)15-19-14-8-5-4-7-13(14)17(23)21(15)11-12-24-3/h4-5,7-8H,6,9-12H2,1-3H3,(H,18,22).